The molecule has 0 fully saturated rings. The van der Waals surface area contributed by atoms with Crippen molar-refractivity contribution in [3.63, 3.8) is 0 Å². The largest absolute Gasteiger partial charge is 0.497 e. The van der Waals surface area contributed by atoms with Crippen molar-refractivity contribution in [3.8, 4) is 5.75 Å². The van der Waals surface area contributed by atoms with Gasteiger partial charge in [0, 0.05) is 6.20 Å². The number of benzene rings is 1. The molecule has 0 bridgehead atoms. The Morgan fingerprint density at radius 2 is 2.00 bits per heavy atom. The van der Waals surface area contributed by atoms with Gasteiger partial charge in [-0.15, -0.1) is 0 Å². The van der Waals surface area contributed by atoms with E-state index in [1.807, 2.05) is 35.9 Å². The Labute approximate surface area is 82.0 Å². The monoisotopic (exact) mass is 192 g/mol. The number of methoxy groups -OCH3 is 1. The topological polar surface area (TPSA) is 21.3 Å². The first kappa shape index (κ1) is 8.51. The van der Waals surface area contributed by atoms with E-state index < -0.39 is 0 Å². The molecule has 1 aromatic rings. The SMILES string of the molecule is COc1ccc([C]2NC=CS2)cc1. The summed E-state index contributed by atoms with van der Waals surface area (Å²) >= 11 is 1.69. The van der Waals surface area contributed by atoms with Crippen molar-refractivity contribution in [1.82, 2.24) is 5.32 Å². The van der Waals surface area contributed by atoms with Crippen LogP contribution in [0.2, 0.25) is 0 Å². The van der Waals surface area contributed by atoms with Crippen molar-refractivity contribution in [2.75, 3.05) is 7.11 Å². The Hall–Kier alpha value is -1.09. The zero-order chi connectivity index (χ0) is 9.10. The normalized spacial score (nSPS) is 15.8. The van der Waals surface area contributed by atoms with Gasteiger partial charge in [0.25, 0.3) is 0 Å². The second-order valence-electron chi connectivity index (χ2n) is 2.62. The van der Waals surface area contributed by atoms with Gasteiger partial charge in [0.1, 0.15) is 5.75 Å². The average Bonchev–Trinajstić information content (AvgIpc) is 2.71. The van der Waals surface area contributed by atoms with Crippen LogP contribution in [0.1, 0.15) is 5.56 Å². The molecule has 0 aromatic heterocycles. The third-order valence-electron chi connectivity index (χ3n) is 1.82. The first-order valence-electron chi connectivity index (χ1n) is 4.00. The van der Waals surface area contributed by atoms with Gasteiger partial charge in [0.2, 0.25) is 0 Å². The van der Waals surface area contributed by atoms with Gasteiger partial charge in [-0.1, -0.05) is 23.9 Å². The van der Waals surface area contributed by atoms with Crippen LogP contribution in [-0.2, 0) is 0 Å². The van der Waals surface area contributed by atoms with Crippen LogP contribution in [0.5, 0.6) is 5.75 Å². The van der Waals surface area contributed by atoms with E-state index in [0.717, 1.165) is 5.75 Å². The van der Waals surface area contributed by atoms with Crippen LogP contribution in [0.15, 0.2) is 35.9 Å². The van der Waals surface area contributed by atoms with Crippen LogP contribution in [0.4, 0.5) is 0 Å². The van der Waals surface area contributed by atoms with Gasteiger partial charge in [0.15, 0.2) is 5.37 Å². The summed E-state index contributed by atoms with van der Waals surface area (Å²) in [5, 5.41) is 6.37. The minimum Gasteiger partial charge on any atom is -0.497 e. The zero-order valence-electron chi connectivity index (χ0n) is 7.28. The second kappa shape index (κ2) is 3.75. The van der Waals surface area contributed by atoms with Crippen molar-refractivity contribution in [1.29, 1.82) is 0 Å². The molecule has 0 unspecified atom stereocenters. The lowest BCUT2D eigenvalue weighted by Gasteiger charge is -2.09. The molecular weight excluding hydrogens is 182 g/mol. The highest BCUT2D eigenvalue weighted by atomic mass is 32.2. The molecule has 1 N–H and O–H groups in total. The standard InChI is InChI=1S/C10H10NOS/c1-12-9-4-2-8(3-5-9)10-11-6-7-13-10/h2-7,11H,1H3. The van der Waals surface area contributed by atoms with E-state index in [0.29, 0.717) is 0 Å². The summed E-state index contributed by atoms with van der Waals surface area (Å²) < 4.78 is 5.08. The maximum absolute atomic E-state index is 5.08. The summed E-state index contributed by atoms with van der Waals surface area (Å²) in [5.41, 5.74) is 1.19. The fraction of sp³-hybridized carbons (Fsp3) is 0.100. The lowest BCUT2D eigenvalue weighted by atomic mass is 10.2. The molecule has 0 atom stereocenters. The smallest absolute Gasteiger partial charge is 0.150 e. The predicted molar refractivity (Wildman–Crippen MR) is 55.2 cm³/mol. The number of hydrogen-bond acceptors (Lipinski definition) is 3. The molecule has 3 heteroatoms. The fourth-order valence-corrected chi connectivity index (χ4v) is 1.82. The summed E-state index contributed by atoms with van der Waals surface area (Å²) in [6, 6.07) is 8.01. The zero-order valence-corrected chi connectivity index (χ0v) is 8.10. The van der Waals surface area contributed by atoms with Crippen molar-refractivity contribution in [3.05, 3.63) is 46.8 Å². The van der Waals surface area contributed by atoms with E-state index in [4.69, 9.17) is 4.74 Å². The highest BCUT2D eigenvalue weighted by molar-refractivity contribution is 8.05. The molecule has 0 spiro atoms. The minimum atomic E-state index is 0.889. The fourth-order valence-electron chi connectivity index (χ4n) is 1.14. The van der Waals surface area contributed by atoms with E-state index >= 15 is 0 Å². The average molecular weight is 192 g/mol. The van der Waals surface area contributed by atoms with Gasteiger partial charge in [0.05, 0.1) is 7.11 Å². The van der Waals surface area contributed by atoms with Gasteiger partial charge >= 0.3 is 0 Å². The maximum atomic E-state index is 5.08. The van der Waals surface area contributed by atoms with Crippen LogP contribution in [0.3, 0.4) is 0 Å². The van der Waals surface area contributed by atoms with Crippen molar-refractivity contribution >= 4 is 11.8 Å². The molecule has 1 aliphatic rings. The summed E-state index contributed by atoms with van der Waals surface area (Å²) in [4.78, 5) is 0. The molecule has 1 radical (unpaired) electrons. The molecular formula is C10H10NOS. The van der Waals surface area contributed by atoms with Crippen LogP contribution < -0.4 is 10.1 Å². The third-order valence-corrected chi connectivity index (χ3v) is 2.68. The van der Waals surface area contributed by atoms with Gasteiger partial charge < -0.3 is 10.1 Å². The number of ether oxygens (including phenoxy) is 1. The summed E-state index contributed by atoms with van der Waals surface area (Å²) in [6.45, 7) is 0. The molecule has 2 nitrogen and oxygen atoms in total. The van der Waals surface area contributed by atoms with Gasteiger partial charge in [-0.05, 0) is 23.1 Å². The number of rotatable bonds is 2. The molecule has 0 saturated carbocycles. The molecule has 1 heterocycles. The summed E-state index contributed by atoms with van der Waals surface area (Å²) in [5.74, 6) is 0.889. The highest BCUT2D eigenvalue weighted by Crippen LogP contribution is 2.30. The first-order valence-corrected chi connectivity index (χ1v) is 4.88. The Morgan fingerprint density at radius 3 is 2.54 bits per heavy atom. The van der Waals surface area contributed by atoms with E-state index in [-0.39, 0.29) is 0 Å². The van der Waals surface area contributed by atoms with Crippen LogP contribution in [0, 0.1) is 5.37 Å². The van der Waals surface area contributed by atoms with E-state index in [9.17, 15) is 0 Å². The van der Waals surface area contributed by atoms with Crippen molar-refractivity contribution < 1.29 is 4.74 Å². The quantitative estimate of drug-likeness (QED) is 0.777. The maximum Gasteiger partial charge on any atom is 0.150 e. The van der Waals surface area contributed by atoms with Crippen LogP contribution in [-0.4, -0.2) is 7.11 Å². The van der Waals surface area contributed by atoms with Crippen molar-refractivity contribution in [2.45, 2.75) is 0 Å². The van der Waals surface area contributed by atoms with Crippen molar-refractivity contribution in [2.24, 2.45) is 0 Å². The second-order valence-corrected chi connectivity index (χ2v) is 3.54. The Bertz CT molecular complexity index is 299. The Kier molecular flexibility index (Phi) is 2.45. The molecule has 0 saturated heterocycles. The van der Waals surface area contributed by atoms with Gasteiger partial charge in [-0.3, -0.25) is 0 Å². The summed E-state index contributed by atoms with van der Waals surface area (Å²) in [6.07, 6.45) is 1.93. The van der Waals surface area contributed by atoms with E-state index in [1.54, 1.807) is 18.9 Å². The van der Waals surface area contributed by atoms with Gasteiger partial charge in [-0.25, -0.2) is 0 Å². The molecule has 1 aliphatic heterocycles. The molecule has 1 aromatic carbocycles. The predicted octanol–water partition coefficient (Wildman–Crippen LogP) is 2.34. The van der Waals surface area contributed by atoms with Crippen LogP contribution >= 0.6 is 11.8 Å². The Morgan fingerprint density at radius 1 is 1.23 bits per heavy atom. The first-order chi connectivity index (χ1) is 6.40. The van der Waals surface area contributed by atoms with E-state index in [2.05, 4.69) is 5.32 Å². The highest BCUT2D eigenvalue weighted by Gasteiger charge is 2.13. The minimum absolute atomic E-state index is 0.889. The lowest BCUT2D eigenvalue weighted by Crippen LogP contribution is -2.07. The Balaban J connectivity index is 2.13. The summed E-state index contributed by atoms with van der Waals surface area (Å²) in [7, 11) is 1.67. The molecule has 0 amide bonds. The number of nitrogens with one attached hydrogen (secondary N) is 1. The van der Waals surface area contributed by atoms with E-state index in [1.165, 1.54) is 10.9 Å². The molecule has 13 heavy (non-hydrogen) atoms. The molecule has 2 rings (SSSR count). The lowest BCUT2D eigenvalue weighted by molar-refractivity contribution is 0.414. The third kappa shape index (κ3) is 1.80. The van der Waals surface area contributed by atoms with Gasteiger partial charge in [-0.2, -0.15) is 0 Å². The van der Waals surface area contributed by atoms with Crippen LogP contribution in [0.25, 0.3) is 0 Å². The molecule has 0 aliphatic carbocycles. The number of hydrogen-bond donors (Lipinski definition) is 1. The number of thioether (sulfide) groups is 1. The molecule has 67 valence electrons.